The Hall–Kier alpha value is -3.41. The number of amides is 1. The van der Waals surface area contributed by atoms with Gasteiger partial charge in [0.2, 0.25) is 0 Å². The van der Waals surface area contributed by atoms with Crippen LogP contribution in [0.25, 0.3) is 5.65 Å². The third kappa shape index (κ3) is 4.05. The summed E-state index contributed by atoms with van der Waals surface area (Å²) in [6.45, 7) is 3.16. The second-order valence-electron chi connectivity index (χ2n) is 8.71. The minimum Gasteiger partial charge on any atom is -0.481 e. The van der Waals surface area contributed by atoms with E-state index in [-0.39, 0.29) is 16.8 Å². The molecular formula is C23H27N5O4. The van der Waals surface area contributed by atoms with E-state index < -0.39 is 29.4 Å². The standard InChI is InChI=1S/C23H27N5O4/c1-14-11-16(21(29)25-18-8-4-3-7-15(18)23(31)32)20-26-19(27-9-5-2-6-10-27)17(12-24)22(30)28(20)13-14/h11,13,15,18H,2-10H2,1H3,(H,25,29)(H,31,32). The highest BCUT2D eigenvalue weighted by molar-refractivity contribution is 6.00. The van der Waals surface area contributed by atoms with Crippen molar-refractivity contribution in [1.29, 1.82) is 5.26 Å². The molecule has 2 fully saturated rings. The molecule has 168 valence electrons. The van der Waals surface area contributed by atoms with E-state index >= 15 is 0 Å². The number of aromatic nitrogens is 2. The molecule has 32 heavy (non-hydrogen) atoms. The number of carboxylic acids is 1. The van der Waals surface area contributed by atoms with Gasteiger partial charge in [0.05, 0.1) is 11.5 Å². The summed E-state index contributed by atoms with van der Waals surface area (Å²) in [5, 5.41) is 22.1. The fourth-order valence-corrected chi connectivity index (χ4v) is 4.81. The number of anilines is 1. The SMILES string of the molecule is Cc1cc(C(=O)NC2CCCCC2C(=O)O)c2nc(N3CCCCC3)c(C#N)c(=O)n2c1. The number of rotatable bonds is 4. The van der Waals surface area contributed by atoms with Crippen molar-refractivity contribution in [2.75, 3.05) is 18.0 Å². The Morgan fingerprint density at radius 3 is 2.59 bits per heavy atom. The van der Waals surface area contributed by atoms with Crippen LogP contribution in [-0.2, 0) is 4.79 Å². The summed E-state index contributed by atoms with van der Waals surface area (Å²) in [6.07, 6.45) is 7.35. The summed E-state index contributed by atoms with van der Waals surface area (Å²) in [7, 11) is 0. The molecule has 9 heteroatoms. The van der Waals surface area contributed by atoms with E-state index in [2.05, 4.69) is 10.3 Å². The second kappa shape index (κ2) is 8.99. The van der Waals surface area contributed by atoms with Gasteiger partial charge in [-0.05, 0) is 50.7 Å². The first kappa shape index (κ1) is 21.8. The first-order valence-corrected chi connectivity index (χ1v) is 11.2. The quantitative estimate of drug-likeness (QED) is 0.751. The minimum atomic E-state index is -0.913. The van der Waals surface area contributed by atoms with Gasteiger partial charge in [-0.1, -0.05) is 12.8 Å². The van der Waals surface area contributed by atoms with Crippen LogP contribution in [0.5, 0.6) is 0 Å². The number of fused-ring (bicyclic) bond motifs is 1. The van der Waals surface area contributed by atoms with E-state index in [1.807, 2.05) is 11.0 Å². The number of aliphatic carboxylic acids is 1. The predicted molar refractivity (Wildman–Crippen MR) is 118 cm³/mol. The fraction of sp³-hybridized carbons (Fsp3) is 0.522. The maximum atomic E-state index is 13.3. The molecule has 1 saturated heterocycles. The smallest absolute Gasteiger partial charge is 0.308 e. The van der Waals surface area contributed by atoms with Crippen molar-refractivity contribution >= 4 is 23.3 Å². The summed E-state index contributed by atoms with van der Waals surface area (Å²) in [6, 6.07) is 3.19. The topological polar surface area (TPSA) is 128 Å². The third-order valence-electron chi connectivity index (χ3n) is 6.45. The molecule has 0 spiro atoms. The lowest BCUT2D eigenvalue weighted by atomic mass is 9.84. The molecule has 0 radical (unpaired) electrons. The van der Waals surface area contributed by atoms with Crippen LogP contribution in [0.2, 0.25) is 0 Å². The van der Waals surface area contributed by atoms with Crippen molar-refractivity contribution < 1.29 is 14.7 Å². The van der Waals surface area contributed by atoms with Crippen LogP contribution in [0.1, 0.15) is 66.4 Å². The van der Waals surface area contributed by atoms with E-state index in [0.717, 1.165) is 32.1 Å². The highest BCUT2D eigenvalue weighted by atomic mass is 16.4. The number of carbonyl (C=O) groups is 2. The fourth-order valence-electron chi connectivity index (χ4n) is 4.81. The number of pyridine rings is 1. The summed E-state index contributed by atoms with van der Waals surface area (Å²) in [4.78, 5) is 44.6. The Kier molecular flexibility index (Phi) is 6.12. The maximum absolute atomic E-state index is 13.3. The summed E-state index contributed by atoms with van der Waals surface area (Å²) >= 11 is 0. The second-order valence-corrected chi connectivity index (χ2v) is 8.71. The number of nitrogens with one attached hydrogen (secondary N) is 1. The summed E-state index contributed by atoms with van der Waals surface area (Å²) in [5.74, 6) is -1.68. The van der Waals surface area contributed by atoms with Gasteiger partial charge in [0.1, 0.15) is 6.07 Å². The van der Waals surface area contributed by atoms with Crippen LogP contribution < -0.4 is 15.8 Å². The number of hydrogen-bond donors (Lipinski definition) is 2. The third-order valence-corrected chi connectivity index (χ3v) is 6.45. The van der Waals surface area contributed by atoms with Gasteiger partial charge < -0.3 is 15.3 Å². The molecule has 2 aromatic heterocycles. The first-order chi connectivity index (χ1) is 15.4. The molecule has 1 saturated carbocycles. The van der Waals surface area contributed by atoms with Crippen molar-refractivity contribution in [2.24, 2.45) is 5.92 Å². The molecule has 2 atom stereocenters. The monoisotopic (exact) mass is 437 g/mol. The number of carbonyl (C=O) groups excluding carboxylic acids is 1. The Bertz CT molecular complexity index is 1160. The van der Waals surface area contributed by atoms with Gasteiger partial charge in [0, 0.05) is 25.3 Å². The van der Waals surface area contributed by atoms with Gasteiger partial charge in [-0.3, -0.25) is 18.8 Å². The first-order valence-electron chi connectivity index (χ1n) is 11.2. The summed E-state index contributed by atoms with van der Waals surface area (Å²) in [5.41, 5.74) is 0.524. The lowest BCUT2D eigenvalue weighted by Crippen LogP contribution is -2.45. The number of nitrogens with zero attached hydrogens (tertiary/aromatic N) is 4. The molecule has 4 rings (SSSR count). The number of piperidine rings is 1. The molecule has 1 aliphatic heterocycles. The zero-order chi connectivity index (χ0) is 22.8. The van der Waals surface area contributed by atoms with E-state index in [1.54, 1.807) is 19.2 Å². The molecule has 2 unspecified atom stereocenters. The van der Waals surface area contributed by atoms with Crippen molar-refractivity contribution in [3.8, 4) is 6.07 Å². The molecule has 2 aromatic rings. The lowest BCUT2D eigenvalue weighted by Gasteiger charge is -2.30. The van der Waals surface area contributed by atoms with Gasteiger partial charge in [0.15, 0.2) is 17.0 Å². The molecular weight excluding hydrogens is 410 g/mol. The molecule has 9 nitrogen and oxygen atoms in total. The molecule has 2 aliphatic rings. The Labute approximate surface area is 185 Å². The predicted octanol–water partition coefficient (Wildman–Crippen LogP) is 2.24. The molecule has 0 bridgehead atoms. The zero-order valence-electron chi connectivity index (χ0n) is 18.1. The van der Waals surface area contributed by atoms with Gasteiger partial charge in [-0.25, -0.2) is 4.98 Å². The van der Waals surface area contributed by atoms with Gasteiger partial charge in [-0.2, -0.15) is 5.26 Å². The van der Waals surface area contributed by atoms with Crippen LogP contribution in [0.4, 0.5) is 5.82 Å². The Morgan fingerprint density at radius 2 is 1.91 bits per heavy atom. The number of hydrogen-bond acceptors (Lipinski definition) is 6. The van der Waals surface area contributed by atoms with Crippen LogP contribution in [-0.4, -0.2) is 45.5 Å². The molecule has 0 aromatic carbocycles. The minimum absolute atomic E-state index is 0.0282. The van der Waals surface area contributed by atoms with Crippen molar-refractivity contribution in [2.45, 2.75) is 57.9 Å². The highest BCUT2D eigenvalue weighted by Gasteiger charge is 2.33. The molecule has 2 N–H and O–H groups in total. The van der Waals surface area contributed by atoms with Crippen molar-refractivity contribution in [3.05, 3.63) is 39.3 Å². The van der Waals surface area contributed by atoms with Crippen LogP contribution in [0, 0.1) is 24.2 Å². The highest BCUT2D eigenvalue weighted by Crippen LogP contribution is 2.26. The Morgan fingerprint density at radius 1 is 1.19 bits per heavy atom. The van der Waals surface area contributed by atoms with Crippen LogP contribution in [0.15, 0.2) is 17.1 Å². The van der Waals surface area contributed by atoms with Gasteiger partial charge in [0.25, 0.3) is 11.5 Å². The lowest BCUT2D eigenvalue weighted by molar-refractivity contribution is -0.143. The molecule has 1 aliphatic carbocycles. The average Bonchev–Trinajstić information content (AvgIpc) is 2.79. The van der Waals surface area contributed by atoms with Crippen molar-refractivity contribution in [3.63, 3.8) is 0 Å². The van der Waals surface area contributed by atoms with Crippen LogP contribution in [0.3, 0.4) is 0 Å². The Balaban J connectivity index is 1.79. The van der Waals surface area contributed by atoms with E-state index in [0.29, 0.717) is 37.3 Å². The molecule has 3 heterocycles. The van der Waals surface area contributed by atoms with Crippen LogP contribution >= 0.6 is 0 Å². The number of carboxylic acid groups (broad SMARTS) is 1. The van der Waals surface area contributed by atoms with E-state index in [4.69, 9.17) is 0 Å². The van der Waals surface area contributed by atoms with Gasteiger partial charge in [-0.15, -0.1) is 0 Å². The van der Waals surface area contributed by atoms with Gasteiger partial charge >= 0.3 is 5.97 Å². The number of nitriles is 1. The van der Waals surface area contributed by atoms with Crippen molar-refractivity contribution in [1.82, 2.24) is 14.7 Å². The largest absolute Gasteiger partial charge is 0.481 e. The average molecular weight is 438 g/mol. The maximum Gasteiger partial charge on any atom is 0.308 e. The molecule has 1 amide bonds. The van der Waals surface area contributed by atoms with E-state index in [9.17, 15) is 24.8 Å². The van der Waals surface area contributed by atoms with E-state index in [1.165, 1.54) is 4.40 Å². The number of aryl methyl sites for hydroxylation is 1. The normalized spacial score (nSPS) is 21.2. The summed E-state index contributed by atoms with van der Waals surface area (Å²) < 4.78 is 1.26. The zero-order valence-corrected chi connectivity index (χ0v) is 18.1.